The van der Waals surface area contributed by atoms with Gasteiger partial charge < -0.3 is 0 Å². The Labute approximate surface area is 93.0 Å². The van der Waals surface area contributed by atoms with Gasteiger partial charge in [0.25, 0.3) is 0 Å². The highest BCUT2D eigenvalue weighted by atomic mass is 14.9. The van der Waals surface area contributed by atoms with Crippen molar-refractivity contribution in [3.8, 4) is 0 Å². The molecule has 0 unspecified atom stereocenters. The second kappa shape index (κ2) is 10.6. The molecule has 3 nitrogen and oxygen atoms in total. The lowest BCUT2D eigenvalue weighted by atomic mass is 10.3. The molecule has 0 aliphatic rings. The monoisotopic (exact) mass is 207 g/mol. The van der Waals surface area contributed by atoms with Gasteiger partial charge in [-0.25, -0.2) is 9.97 Å². The molecule has 3 heteroatoms. The van der Waals surface area contributed by atoms with Gasteiger partial charge in [0, 0.05) is 6.21 Å². The maximum Gasteiger partial charge on any atom is 0.116 e. The minimum absolute atomic E-state index is 0.884. The summed E-state index contributed by atoms with van der Waals surface area (Å²) in [6.45, 7) is 15.7. The Bertz CT molecular complexity index is 273. The summed E-state index contributed by atoms with van der Waals surface area (Å²) in [7, 11) is 0. The molecule has 0 saturated carbocycles. The maximum absolute atomic E-state index is 4.16. The summed E-state index contributed by atoms with van der Waals surface area (Å²) < 4.78 is 0. The number of hydrogen-bond acceptors (Lipinski definition) is 3. The van der Waals surface area contributed by atoms with Crippen molar-refractivity contribution in [2.75, 3.05) is 0 Å². The lowest BCUT2D eigenvalue weighted by molar-refractivity contribution is 1.05. The molecule has 0 aromatic carbocycles. The van der Waals surface area contributed by atoms with Crippen molar-refractivity contribution in [2.24, 2.45) is 4.99 Å². The molecule has 0 bridgehead atoms. The van der Waals surface area contributed by atoms with E-state index < -0.39 is 0 Å². The number of aromatic nitrogens is 2. The Kier molecular flexibility index (Phi) is 11.2. The van der Waals surface area contributed by atoms with Crippen LogP contribution in [-0.4, -0.2) is 16.2 Å². The van der Waals surface area contributed by atoms with Gasteiger partial charge in [0.2, 0.25) is 0 Å². The molecule has 0 aliphatic carbocycles. The van der Waals surface area contributed by atoms with Crippen molar-refractivity contribution in [3.63, 3.8) is 0 Å². The number of hydrogen-bond donors (Lipinski definition) is 0. The zero-order valence-electron chi connectivity index (χ0n) is 10.4. The predicted molar refractivity (Wildman–Crippen MR) is 67.9 cm³/mol. The van der Waals surface area contributed by atoms with Gasteiger partial charge in [0.05, 0.1) is 11.4 Å². The Morgan fingerprint density at radius 3 is 1.87 bits per heavy atom. The minimum atomic E-state index is 0.884. The fourth-order valence-electron chi connectivity index (χ4n) is 0.902. The average molecular weight is 207 g/mol. The summed E-state index contributed by atoms with van der Waals surface area (Å²) in [5.74, 6) is 0. The van der Waals surface area contributed by atoms with Crippen LogP contribution in [0.1, 0.15) is 32.2 Å². The standard InChI is InChI=1S/C8H11N3.C2H6.C2H4/c1-4-9-8-6(2)10-5-11-7(8)3;2*1-2/h4-5H,1-3H3;1-2H3;1-2H2. The predicted octanol–water partition coefficient (Wildman–Crippen LogP) is 3.64. The number of rotatable bonds is 1. The zero-order valence-corrected chi connectivity index (χ0v) is 10.4. The SMILES string of the molecule is C=C.CC.CC=Nc1c(C)ncnc1C. The Balaban J connectivity index is 0. The van der Waals surface area contributed by atoms with Crippen molar-refractivity contribution in [1.82, 2.24) is 9.97 Å². The van der Waals surface area contributed by atoms with Gasteiger partial charge in [0.1, 0.15) is 12.0 Å². The van der Waals surface area contributed by atoms with Crippen molar-refractivity contribution in [3.05, 3.63) is 30.9 Å². The Hall–Kier alpha value is -1.51. The molecular weight excluding hydrogens is 186 g/mol. The van der Waals surface area contributed by atoms with Crippen LogP contribution in [0.5, 0.6) is 0 Å². The highest BCUT2D eigenvalue weighted by Gasteiger charge is 1.99. The molecule has 0 atom stereocenters. The molecular formula is C12H21N3. The third-order valence-electron chi connectivity index (χ3n) is 1.45. The Morgan fingerprint density at radius 2 is 1.53 bits per heavy atom. The first kappa shape index (κ1) is 15.9. The largest absolute Gasteiger partial charge is 0.258 e. The van der Waals surface area contributed by atoms with Gasteiger partial charge in [0.15, 0.2) is 0 Å². The van der Waals surface area contributed by atoms with Crippen LogP contribution in [0.2, 0.25) is 0 Å². The van der Waals surface area contributed by atoms with Gasteiger partial charge in [-0.05, 0) is 20.8 Å². The second-order valence-corrected chi connectivity index (χ2v) is 2.28. The third kappa shape index (κ3) is 5.73. The van der Waals surface area contributed by atoms with Crippen molar-refractivity contribution >= 4 is 11.9 Å². The first-order valence-electron chi connectivity index (χ1n) is 5.02. The summed E-state index contributed by atoms with van der Waals surface area (Å²) in [6.07, 6.45) is 3.30. The van der Waals surface area contributed by atoms with Gasteiger partial charge in [-0.1, -0.05) is 13.8 Å². The summed E-state index contributed by atoms with van der Waals surface area (Å²) >= 11 is 0. The van der Waals surface area contributed by atoms with Crippen LogP contribution in [0.15, 0.2) is 24.5 Å². The molecule has 84 valence electrons. The smallest absolute Gasteiger partial charge is 0.116 e. The lowest BCUT2D eigenvalue weighted by Gasteiger charge is -1.99. The van der Waals surface area contributed by atoms with Crippen LogP contribution in [0, 0.1) is 13.8 Å². The van der Waals surface area contributed by atoms with E-state index in [0.717, 1.165) is 17.1 Å². The fraction of sp³-hybridized carbons (Fsp3) is 0.417. The molecule has 0 aliphatic heterocycles. The highest BCUT2D eigenvalue weighted by molar-refractivity contribution is 5.62. The number of aryl methyl sites for hydroxylation is 2. The molecule has 1 aromatic heterocycles. The lowest BCUT2D eigenvalue weighted by Crippen LogP contribution is -1.88. The van der Waals surface area contributed by atoms with Crippen LogP contribution in [0.3, 0.4) is 0 Å². The van der Waals surface area contributed by atoms with E-state index in [-0.39, 0.29) is 0 Å². The first-order chi connectivity index (χ1) is 7.25. The summed E-state index contributed by atoms with van der Waals surface area (Å²) in [5.41, 5.74) is 2.74. The van der Waals surface area contributed by atoms with E-state index in [9.17, 15) is 0 Å². The van der Waals surface area contributed by atoms with Crippen LogP contribution in [-0.2, 0) is 0 Å². The molecule has 1 heterocycles. The highest BCUT2D eigenvalue weighted by Crippen LogP contribution is 2.17. The van der Waals surface area contributed by atoms with Crippen LogP contribution in [0.4, 0.5) is 5.69 Å². The van der Waals surface area contributed by atoms with E-state index in [2.05, 4.69) is 28.1 Å². The Morgan fingerprint density at radius 1 is 1.13 bits per heavy atom. The molecule has 0 radical (unpaired) electrons. The molecule has 0 saturated heterocycles. The van der Waals surface area contributed by atoms with Crippen LogP contribution in [0.25, 0.3) is 0 Å². The van der Waals surface area contributed by atoms with E-state index in [1.54, 1.807) is 12.5 Å². The summed E-state index contributed by atoms with van der Waals surface area (Å²) in [4.78, 5) is 12.2. The van der Waals surface area contributed by atoms with Gasteiger partial charge in [-0.15, -0.1) is 13.2 Å². The maximum atomic E-state index is 4.16. The third-order valence-corrected chi connectivity index (χ3v) is 1.45. The molecule has 0 amide bonds. The van der Waals surface area contributed by atoms with E-state index >= 15 is 0 Å². The van der Waals surface area contributed by atoms with E-state index in [0.29, 0.717) is 0 Å². The molecule has 15 heavy (non-hydrogen) atoms. The van der Waals surface area contributed by atoms with Gasteiger partial charge in [-0.2, -0.15) is 0 Å². The van der Waals surface area contributed by atoms with Crippen LogP contribution >= 0.6 is 0 Å². The fourth-order valence-corrected chi connectivity index (χ4v) is 0.902. The summed E-state index contributed by atoms with van der Waals surface area (Å²) in [6, 6.07) is 0. The first-order valence-corrected chi connectivity index (χ1v) is 5.02. The number of nitrogens with zero attached hydrogens (tertiary/aromatic N) is 3. The molecule has 1 aromatic rings. The minimum Gasteiger partial charge on any atom is -0.258 e. The van der Waals surface area contributed by atoms with Crippen molar-refractivity contribution in [1.29, 1.82) is 0 Å². The second-order valence-electron chi connectivity index (χ2n) is 2.28. The summed E-state index contributed by atoms with van der Waals surface area (Å²) in [5, 5.41) is 0. The van der Waals surface area contributed by atoms with Crippen LogP contribution < -0.4 is 0 Å². The topological polar surface area (TPSA) is 38.1 Å². The van der Waals surface area contributed by atoms with Gasteiger partial charge in [-0.3, -0.25) is 4.99 Å². The van der Waals surface area contributed by atoms with Gasteiger partial charge >= 0.3 is 0 Å². The molecule has 0 N–H and O–H groups in total. The molecule has 0 spiro atoms. The van der Waals surface area contributed by atoms with E-state index in [1.807, 2.05) is 34.6 Å². The average Bonchev–Trinajstić information content (AvgIpc) is 2.29. The number of aliphatic imine (C=N–C) groups is 1. The van der Waals surface area contributed by atoms with Crippen molar-refractivity contribution in [2.45, 2.75) is 34.6 Å². The molecule has 1 rings (SSSR count). The quantitative estimate of drug-likeness (QED) is 0.521. The normalized spacial score (nSPS) is 8.60. The van der Waals surface area contributed by atoms with E-state index in [4.69, 9.17) is 0 Å². The van der Waals surface area contributed by atoms with Crippen molar-refractivity contribution < 1.29 is 0 Å². The zero-order chi connectivity index (χ0) is 12.3. The van der Waals surface area contributed by atoms with E-state index in [1.165, 1.54) is 0 Å². The molecule has 0 fully saturated rings.